The highest BCUT2D eigenvalue weighted by atomic mass is 16.5. The van der Waals surface area contributed by atoms with Gasteiger partial charge >= 0.3 is 0 Å². The second-order valence-electron chi connectivity index (χ2n) is 8.17. The normalized spacial score (nSPS) is 18.9. The molecule has 3 rings (SSSR count). The van der Waals surface area contributed by atoms with Crippen LogP contribution in [0, 0.1) is 0 Å². The molecule has 1 N–H and O–H groups in total. The summed E-state index contributed by atoms with van der Waals surface area (Å²) in [5.74, 6) is -0.200. The summed E-state index contributed by atoms with van der Waals surface area (Å²) < 4.78 is 5.20. The van der Waals surface area contributed by atoms with Crippen molar-refractivity contribution in [1.82, 2.24) is 5.32 Å². The molecule has 1 aliphatic rings. The third-order valence-electron chi connectivity index (χ3n) is 5.29. The van der Waals surface area contributed by atoms with Gasteiger partial charge in [-0.15, -0.1) is 0 Å². The van der Waals surface area contributed by atoms with Crippen LogP contribution in [0.5, 0.6) is 0 Å². The highest BCUT2D eigenvalue weighted by molar-refractivity contribution is 6.10. The Balaban J connectivity index is 1.99. The molecule has 0 bridgehead atoms. The van der Waals surface area contributed by atoms with Gasteiger partial charge in [-0.1, -0.05) is 48.5 Å². The Morgan fingerprint density at radius 3 is 2.43 bits per heavy atom. The van der Waals surface area contributed by atoms with Crippen molar-refractivity contribution in [2.24, 2.45) is 0 Å². The van der Waals surface area contributed by atoms with Crippen LogP contribution in [0.3, 0.4) is 0 Å². The third kappa shape index (κ3) is 3.80. The number of nitrogens with zero attached hydrogens (tertiary/aromatic N) is 1. The number of rotatable bonds is 7. The second kappa shape index (κ2) is 7.76. The SMILES string of the molecule is COCC(C)(C)NC(=O)C[C@]1(Cc2ccccc2)C(=O)N(C)c2ccccc21. The fraction of sp³-hybridized carbons (Fsp3) is 0.391. The fourth-order valence-electron chi connectivity index (χ4n) is 4.16. The fourth-order valence-corrected chi connectivity index (χ4v) is 4.16. The van der Waals surface area contributed by atoms with Crippen LogP contribution in [0.2, 0.25) is 0 Å². The lowest BCUT2D eigenvalue weighted by Crippen LogP contribution is -2.50. The van der Waals surface area contributed by atoms with Gasteiger partial charge in [-0.2, -0.15) is 0 Å². The van der Waals surface area contributed by atoms with E-state index in [1.807, 2.05) is 68.4 Å². The van der Waals surface area contributed by atoms with Gasteiger partial charge in [0.05, 0.1) is 17.6 Å². The molecule has 0 saturated heterocycles. The lowest BCUT2D eigenvalue weighted by atomic mass is 9.73. The summed E-state index contributed by atoms with van der Waals surface area (Å²) in [5, 5.41) is 3.03. The lowest BCUT2D eigenvalue weighted by molar-refractivity contribution is -0.130. The third-order valence-corrected chi connectivity index (χ3v) is 5.29. The number of amides is 2. The molecule has 0 aromatic heterocycles. The quantitative estimate of drug-likeness (QED) is 0.803. The van der Waals surface area contributed by atoms with Crippen molar-refractivity contribution >= 4 is 17.5 Å². The van der Waals surface area contributed by atoms with E-state index in [-0.39, 0.29) is 18.2 Å². The number of methoxy groups -OCH3 is 1. The van der Waals surface area contributed by atoms with Crippen molar-refractivity contribution < 1.29 is 14.3 Å². The molecule has 2 aromatic carbocycles. The van der Waals surface area contributed by atoms with Crippen molar-refractivity contribution in [3.8, 4) is 0 Å². The zero-order valence-corrected chi connectivity index (χ0v) is 17.0. The predicted molar refractivity (Wildman–Crippen MR) is 110 cm³/mol. The summed E-state index contributed by atoms with van der Waals surface area (Å²) in [6.07, 6.45) is 0.571. The van der Waals surface area contributed by atoms with Crippen LogP contribution < -0.4 is 10.2 Å². The minimum Gasteiger partial charge on any atom is -0.382 e. The number of hydrogen-bond donors (Lipinski definition) is 1. The van der Waals surface area contributed by atoms with E-state index >= 15 is 0 Å². The number of para-hydroxylation sites is 1. The van der Waals surface area contributed by atoms with Crippen molar-refractivity contribution in [3.05, 3.63) is 65.7 Å². The van der Waals surface area contributed by atoms with Gasteiger partial charge in [-0.3, -0.25) is 9.59 Å². The van der Waals surface area contributed by atoms with E-state index in [1.54, 1.807) is 19.1 Å². The molecule has 0 aliphatic carbocycles. The Kier molecular flexibility index (Phi) is 5.57. The first-order valence-corrected chi connectivity index (χ1v) is 9.51. The number of hydrogen-bond acceptors (Lipinski definition) is 3. The summed E-state index contributed by atoms with van der Waals surface area (Å²) in [6, 6.07) is 17.6. The van der Waals surface area contributed by atoms with Gasteiger partial charge in [0, 0.05) is 26.3 Å². The second-order valence-corrected chi connectivity index (χ2v) is 8.17. The minimum atomic E-state index is -0.917. The zero-order valence-electron chi connectivity index (χ0n) is 17.0. The minimum absolute atomic E-state index is 0.0442. The molecule has 0 saturated carbocycles. The smallest absolute Gasteiger partial charge is 0.238 e. The van der Waals surface area contributed by atoms with Crippen molar-refractivity contribution in [3.63, 3.8) is 0 Å². The van der Waals surface area contributed by atoms with Gasteiger partial charge in [0.1, 0.15) is 0 Å². The Morgan fingerprint density at radius 1 is 1.11 bits per heavy atom. The highest BCUT2D eigenvalue weighted by Crippen LogP contribution is 2.45. The molecular formula is C23H28N2O3. The average molecular weight is 380 g/mol. The topological polar surface area (TPSA) is 58.6 Å². The van der Waals surface area contributed by atoms with Crippen LogP contribution in [-0.4, -0.2) is 38.1 Å². The van der Waals surface area contributed by atoms with Gasteiger partial charge in [0.2, 0.25) is 11.8 Å². The Hall–Kier alpha value is -2.66. The largest absolute Gasteiger partial charge is 0.382 e. The summed E-state index contributed by atoms with van der Waals surface area (Å²) in [6.45, 7) is 4.22. The number of carbonyl (C=O) groups excluding carboxylic acids is 2. The van der Waals surface area contributed by atoms with Crippen LogP contribution in [-0.2, 0) is 26.2 Å². The summed E-state index contributed by atoms with van der Waals surface area (Å²) in [4.78, 5) is 28.1. The number of carbonyl (C=O) groups is 2. The molecular weight excluding hydrogens is 352 g/mol. The van der Waals surface area contributed by atoms with Gasteiger partial charge in [0.15, 0.2) is 0 Å². The zero-order chi connectivity index (χ0) is 20.4. The maximum Gasteiger partial charge on any atom is 0.238 e. The molecule has 2 aromatic rings. The Labute approximate surface area is 166 Å². The van der Waals surface area contributed by atoms with Gasteiger partial charge in [-0.25, -0.2) is 0 Å². The van der Waals surface area contributed by atoms with E-state index in [0.29, 0.717) is 13.0 Å². The summed E-state index contributed by atoms with van der Waals surface area (Å²) >= 11 is 0. The number of fused-ring (bicyclic) bond motifs is 1. The molecule has 0 unspecified atom stereocenters. The lowest BCUT2D eigenvalue weighted by Gasteiger charge is -2.31. The summed E-state index contributed by atoms with van der Waals surface area (Å²) in [5.41, 5.74) is 1.38. The Bertz CT molecular complexity index is 863. The van der Waals surface area contributed by atoms with Crippen LogP contribution in [0.15, 0.2) is 54.6 Å². The van der Waals surface area contributed by atoms with Crippen molar-refractivity contribution in [1.29, 1.82) is 0 Å². The molecule has 5 heteroatoms. The molecule has 0 radical (unpaired) electrons. The van der Waals surface area contributed by atoms with E-state index in [1.165, 1.54) is 0 Å². The predicted octanol–water partition coefficient (Wildman–Crippen LogP) is 3.07. The molecule has 1 heterocycles. The summed E-state index contributed by atoms with van der Waals surface area (Å²) in [7, 11) is 3.39. The molecule has 0 fully saturated rings. The maximum absolute atomic E-state index is 13.4. The number of ether oxygens (including phenoxy) is 1. The van der Waals surface area contributed by atoms with Crippen LogP contribution >= 0.6 is 0 Å². The standard InChI is InChI=1S/C23H28N2O3/c1-22(2,16-28-4)24-20(26)15-23(14-17-10-6-5-7-11-17)18-12-8-9-13-19(18)25(3)21(23)27/h5-13H,14-16H2,1-4H3,(H,24,26)/t23-/m0/s1. The molecule has 0 spiro atoms. The monoisotopic (exact) mass is 380 g/mol. The van der Waals surface area contributed by atoms with Gasteiger partial charge < -0.3 is 15.0 Å². The number of nitrogens with one attached hydrogen (secondary N) is 1. The van der Waals surface area contributed by atoms with E-state index in [4.69, 9.17) is 4.74 Å². The first-order valence-electron chi connectivity index (χ1n) is 9.51. The number of benzene rings is 2. The maximum atomic E-state index is 13.4. The number of anilines is 1. The molecule has 148 valence electrons. The Morgan fingerprint density at radius 2 is 1.75 bits per heavy atom. The molecule has 1 atom stereocenters. The van der Waals surface area contributed by atoms with Crippen LogP contribution in [0.25, 0.3) is 0 Å². The van der Waals surface area contributed by atoms with E-state index in [0.717, 1.165) is 16.8 Å². The molecule has 28 heavy (non-hydrogen) atoms. The van der Waals surface area contributed by atoms with Gasteiger partial charge in [0.25, 0.3) is 0 Å². The van der Waals surface area contributed by atoms with E-state index < -0.39 is 11.0 Å². The van der Waals surface area contributed by atoms with Crippen molar-refractivity contribution in [2.75, 3.05) is 25.7 Å². The van der Waals surface area contributed by atoms with E-state index in [9.17, 15) is 9.59 Å². The number of likely N-dealkylation sites (N-methyl/N-ethyl adjacent to an activating group) is 1. The first-order chi connectivity index (χ1) is 13.3. The highest BCUT2D eigenvalue weighted by Gasteiger charge is 2.51. The van der Waals surface area contributed by atoms with Crippen LogP contribution in [0.1, 0.15) is 31.4 Å². The first kappa shape index (κ1) is 20.1. The molecule has 2 amide bonds. The molecule has 1 aliphatic heterocycles. The molecule has 5 nitrogen and oxygen atoms in total. The van der Waals surface area contributed by atoms with Crippen molar-refractivity contribution in [2.45, 2.75) is 37.6 Å². The average Bonchev–Trinajstić information content (AvgIpc) is 2.84. The van der Waals surface area contributed by atoms with Gasteiger partial charge in [-0.05, 0) is 37.5 Å². The van der Waals surface area contributed by atoms with Crippen LogP contribution in [0.4, 0.5) is 5.69 Å². The van der Waals surface area contributed by atoms with E-state index in [2.05, 4.69) is 5.32 Å².